The van der Waals surface area contributed by atoms with Crippen molar-refractivity contribution in [3.63, 3.8) is 0 Å². The Morgan fingerprint density at radius 3 is 2.40 bits per heavy atom. The van der Waals surface area contributed by atoms with Crippen molar-refractivity contribution in [2.45, 2.75) is 20.3 Å². The third-order valence-electron chi connectivity index (χ3n) is 1.89. The molecule has 0 unspecified atom stereocenters. The van der Waals surface area contributed by atoms with Gasteiger partial charge in [-0.3, -0.25) is 4.79 Å². The molecule has 0 amide bonds. The highest BCUT2D eigenvalue weighted by Crippen LogP contribution is 2.30. The number of rotatable bonds is 3. The average Bonchev–Trinajstić information content (AvgIpc) is 2.09. The summed E-state index contributed by atoms with van der Waals surface area (Å²) in [5.74, 6) is 0.255. The SMILES string of the molecule is CC(C)CC(=O)c1cc(Cl)cc(Cl)c1Cl. The molecule has 0 heterocycles. The smallest absolute Gasteiger partial charge is 0.164 e. The predicted molar refractivity (Wildman–Crippen MR) is 65.3 cm³/mol. The van der Waals surface area contributed by atoms with Crippen LogP contribution < -0.4 is 0 Å². The summed E-state index contributed by atoms with van der Waals surface area (Å²) < 4.78 is 0. The summed E-state index contributed by atoms with van der Waals surface area (Å²) in [6, 6.07) is 3.08. The van der Waals surface area contributed by atoms with Crippen molar-refractivity contribution in [2.75, 3.05) is 0 Å². The molecule has 1 aromatic carbocycles. The van der Waals surface area contributed by atoms with Gasteiger partial charge in [-0.1, -0.05) is 48.7 Å². The molecule has 0 aliphatic rings. The Kier molecular flexibility index (Phi) is 4.45. The van der Waals surface area contributed by atoms with Crippen molar-refractivity contribution in [2.24, 2.45) is 5.92 Å². The molecule has 0 aromatic heterocycles. The lowest BCUT2D eigenvalue weighted by Gasteiger charge is -2.07. The molecule has 1 nitrogen and oxygen atoms in total. The molecule has 0 N–H and O–H groups in total. The van der Waals surface area contributed by atoms with Gasteiger partial charge >= 0.3 is 0 Å². The molecule has 0 saturated carbocycles. The number of carbonyl (C=O) groups excluding carboxylic acids is 1. The van der Waals surface area contributed by atoms with E-state index in [9.17, 15) is 4.79 Å². The minimum Gasteiger partial charge on any atom is -0.294 e. The highest BCUT2D eigenvalue weighted by atomic mass is 35.5. The summed E-state index contributed by atoms with van der Waals surface area (Å²) in [7, 11) is 0. The number of benzene rings is 1. The Hall–Kier alpha value is -0.240. The van der Waals surface area contributed by atoms with Crippen LogP contribution in [0.5, 0.6) is 0 Å². The van der Waals surface area contributed by atoms with Crippen molar-refractivity contribution < 1.29 is 4.79 Å². The van der Waals surface area contributed by atoms with E-state index in [1.54, 1.807) is 6.07 Å². The van der Waals surface area contributed by atoms with Gasteiger partial charge in [0.05, 0.1) is 10.0 Å². The van der Waals surface area contributed by atoms with E-state index in [1.807, 2.05) is 13.8 Å². The van der Waals surface area contributed by atoms with E-state index in [0.29, 0.717) is 22.0 Å². The third kappa shape index (κ3) is 3.37. The lowest BCUT2D eigenvalue weighted by Crippen LogP contribution is -2.04. The van der Waals surface area contributed by atoms with E-state index in [4.69, 9.17) is 34.8 Å². The van der Waals surface area contributed by atoms with Crippen LogP contribution in [0.3, 0.4) is 0 Å². The van der Waals surface area contributed by atoms with Gasteiger partial charge in [0.1, 0.15) is 0 Å². The van der Waals surface area contributed by atoms with Crippen LogP contribution in [0.1, 0.15) is 30.6 Å². The molecule has 0 spiro atoms. The molecule has 0 fully saturated rings. The normalized spacial score (nSPS) is 10.8. The van der Waals surface area contributed by atoms with E-state index in [-0.39, 0.29) is 16.7 Å². The largest absolute Gasteiger partial charge is 0.294 e. The Morgan fingerprint density at radius 2 is 1.87 bits per heavy atom. The first-order valence-electron chi connectivity index (χ1n) is 4.59. The molecule has 0 atom stereocenters. The zero-order chi connectivity index (χ0) is 11.6. The summed E-state index contributed by atoms with van der Waals surface area (Å²) in [5, 5.41) is 1.03. The highest BCUT2D eigenvalue weighted by molar-refractivity contribution is 6.45. The Bertz CT molecular complexity index is 386. The Morgan fingerprint density at radius 1 is 1.27 bits per heavy atom. The Labute approximate surface area is 104 Å². The van der Waals surface area contributed by atoms with Crippen LogP contribution in [0.15, 0.2) is 12.1 Å². The van der Waals surface area contributed by atoms with Gasteiger partial charge in [0.25, 0.3) is 0 Å². The van der Waals surface area contributed by atoms with Crippen LogP contribution in [0.25, 0.3) is 0 Å². The number of hydrogen-bond acceptors (Lipinski definition) is 1. The van der Waals surface area contributed by atoms with Crippen molar-refractivity contribution >= 4 is 40.6 Å². The number of carbonyl (C=O) groups is 1. The number of hydrogen-bond donors (Lipinski definition) is 0. The quantitative estimate of drug-likeness (QED) is 0.562. The molecular formula is C11H11Cl3O. The van der Waals surface area contributed by atoms with Crippen molar-refractivity contribution in [1.29, 1.82) is 0 Å². The maximum absolute atomic E-state index is 11.8. The molecule has 4 heteroatoms. The molecule has 0 aliphatic carbocycles. The van der Waals surface area contributed by atoms with Gasteiger partial charge in [0.2, 0.25) is 0 Å². The van der Waals surface area contributed by atoms with Crippen LogP contribution in [-0.4, -0.2) is 5.78 Å². The maximum atomic E-state index is 11.8. The standard InChI is InChI=1S/C11H11Cl3O/c1-6(2)3-10(15)8-4-7(12)5-9(13)11(8)14/h4-6H,3H2,1-2H3. The van der Waals surface area contributed by atoms with E-state index in [1.165, 1.54) is 6.07 Å². The first-order valence-corrected chi connectivity index (χ1v) is 5.73. The summed E-state index contributed by atoms with van der Waals surface area (Å²) in [6.07, 6.45) is 0.441. The van der Waals surface area contributed by atoms with Crippen LogP contribution in [0, 0.1) is 5.92 Å². The minimum atomic E-state index is -0.0283. The van der Waals surface area contributed by atoms with Gasteiger partial charge < -0.3 is 0 Å². The molecule has 82 valence electrons. The number of halogens is 3. The van der Waals surface area contributed by atoms with Crippen LogP contribution in [-0.2, 0) is 0 Å². The van der Waals surface area contributed by atoms with Gasteiger partial charge in [-0.2, -0.15) is 0 Å². The molecule has 1 aromatic rings. The second-order valence-electron chi connectivity index (χ2n) is 3.77. The first-order chi connectivity index (χ1) is 6.91. The summed E-state index contributed by atoms with van der Waals surface area (Å²) >= 11 is 17.6. The van der Waals surface area contributed by atoms with E-state index < -0.39 is 0 Å². The minimum absolute atomic E-state index is 0.0283. The van der Waals surface area contributed by atoms with Crippen molar-refractivity contribution in [3.05, 3.63) is 32.8 Å². The van der Waals surface area contributed by atoms with Crippen molar-refractivity contribution in [1.82, 2.24) is 0 Å². The molecular weight excluding hydrogens is 254 g/mol. The van der Waals surface area contributed by atoms with Gasteiger partial charge in [-0.25, -0.2) is 0 Å². The monoisotopic (exact) mass is 264 g/mol. The molecule has 15 heavy (non-hydrogen) atoms. The second-order valence-corrected chi connectivity index (χ2v) is 4.99. The number of ketones is 1. The van der Waals surface area contributed by atoms with E-state index in [2.05, 4.69) is 0 Å². The lowest BCUT2D eigenvalue weighted by molar-refractivity contribution is 0.0968. The van der Waals surface area contributed by atoms with Crippen LogP contribution in [0.4, 0.5) is 0 Å². The Balaban J connectivity index is 3.08. The molecule has 1 rings (SSSR count). The maximum Gasteiger partial charge on any atom is 0.164 e. The highest BCUT2D eigenvalue weighted by Gasteiger charge is 2.15. The average molecular weight is 266 g/mol. The zero-order valence-corrected chi connectivity index (χ0v) is 10.7. The van der Waals surface area contributed by atoms with E-state index >= 15 is 0 Å². The molecule has 0 aliphatic heterocycles. The molecule has 0 bridgehead atoms. The van der Waals surface area contributed by atoms with Gasteiger partial charge in [0.15, 0.2) is 5.78 Å². The van der Waals surface area contributed by atoms with Gasteiger partial charge in [-0.15, -0.1) is 0 Å². The molecule has 0 saturated heterocycles. The summed E-state index contributed by atoms with van der Waals surface area (Å²) in [6.45, 7) is 3.94. The topological polar surface area (TPSA) is 17.1 Å². The van der Waals surface area contributed by atoms with Gasteiger partial charge in [-0.05, 0) is 18.1 Å². The fourth-order valence-corrected chi connectivity index (χ4v) is 1.95. The summed E-state index contributed by atoms with van der Waals surface area (Å²) in [4.78, 5) is 11.8. The fourth-order valence-electron chi connectivity index (χ4n) is 1.24. The fraction of sp³-hybridized carbons (Fsp3) is 0.364. The van der Waals surface area contributed by atoms with Gasteiger partial charge in [0, 0.05) is 17.0 Å². The second kappa shape index (κ2) is 5.20. The summed E-state index contributed by atoms with van der Waals surface area (Å²) in [5.41, 5.74) is 0.405. The predicted octanol–water partition coefficient (Wildman–Crippen LogP) is 4.88. The van der Waals surface area contributed by atoms with Crippen LogP contribution in [0.2, 0.25) is 15.1 Å². The lowest BCUT2D eigenvalue weighted by atomic mass is 10.0. The molecule has 0 radical (unpaired) electrons. The van der Waals surface area contributed by atoms with Crippen LogP contribution >= 0.6 is 34.8 Å². The number of Topliss-reactive ketones (excluding diaryl/α,β-unsaturated/α-hetero) is 1. The van der Waals surface area contributed by atoms with Crippen molar-refractivity contribution in [3.8, 4) is 0 Å². The first kappa shape index (κ1) is 12.8. The zero-order valence-electron chi connectivity index (χ0n) is 8.48. The van der Waals surface area contributed by atoms with E-state index in [0.717, 1.165) is 0 Å². The third-order valence-corrected chi connectivity index (χ3v) is 2.91.